The molecular formula is C24H23Cl2N3O3. The summed E-state index contributed by atoms with van der Waals surface area (Å²) in [7, 11) is 0. The van der Waals surface area contributed by atoms with Crippen LogP contribution in [-0.4, -0.2) is 35.2 Å². The number of hydrogen-bond donors (Lipinski definition) is 1. The summed E-state index contributed by atoms with van der Waals surface area (Å²) in [6.07, 6.45) is 3.17. The van der Waals surface area contributed by atoms with Crippen molar-refractivity contribution >= 4 is 52.3 Å². The molecule has 6 nitrogen and oxygen atoms in total. The summed E-state index contributed by atoms with van der Waals surface area (Å²) in [6.45, 7) is 4.66. The molecule has 0 bridgehead atoms. The Bertz CT molecular complexity index is 1130. The molecule has 2 aliphatic rings. The van der Waals surface area contributed by atoms with Gasteiger partial charge in [0.15, 0.2) is 0 Å². The monoisotopic (exact) mass is 471 g/mol. The van der Waals surface area contributed by atoms with Crippen molar-refractivity contribution in [3.8, 4) is 0 Å². The van der Waals surface area contributed by atoms with Crippen LogP contribution in [0.3, 0.4) is 0 Å². The van der Waals surface area contributed by atoms with Crippen molar-refractivity contribution in [3.05, 3.63) is 69.3 Å². The predicted octanol–water partition coefficient (Wildman–Crippen LogP) is 5.10. The number of rotatable bonds is 4. The van der Waals surface area contributed by atoms with E-state index in [1.165, 1.54) is 0 Å². The highest BCUT2D eigenvalue weighted by molar-refractivity contribution is 6.53. The van der Waals surface area contributed by atoms with E-state index >= 15 is 0 Å². The number of carbonyl (C=O) groups excluding carboxylic acids is 3. The van der Waals surface area contributed by atoms with Gasteiger partial charge in [0.2, 0.25) is 0 Å². The first-order valence-corrected chi connectivity index (χ1v) is 11.3. The summed E-state index contributed by atoms with van der Waals surface area (Å²) in [6, 6.07) is 12.0. The first-order valence-electron chi connectivity index (χ1n) is 10.5. The number of hydrogen-bond acceptors (Lipinski definition) is 4. The van der Waals surface area contributed by atoms with Gasteiger partial charge < -0.3 is 10.2 Å². The molecule has 0 radical (unpaired) electrons. The van der Waals surface area contributed by atoms with Crippen LogP contribution in [0, 0.1) is 6.92 Å². The third-order valence-electron chi connectivity index (χ3n) is 5.91. The molecule has 1 atom stereocenters. The van der Waals surface area contributed by atoms with Crippen LogP contribution in [0.2, 0.25) is 5.02 Å². The second-order valence-corrected chi connectivity index (χ2v) is 8.90. The van der Waals surface area contributed by atoms with Crippen molar-refractivity contribution in [3.63, 3.8) is 0 Å². The molecule has 8 heteroatoms. The van der Waals surface area contributed by atoms with Crippen LogP contribution in [0.25, 0.3) is 0 Å². The van der Waals surface area contributed by atoms with Crippen LogP contribution in [0.1, 0.15) is 42.1 Å². The SMILES string of the molecule is Cc1ccc(N2C(=O)C(Cl)=C(Nc3ccc(C(=O)N4CCCCC4C)cc3)C2=O)cc1Cl. The van der Waals surface area contributed by atoms with Gasteiger partial charge in [-0.1, -0.05) is 29.3 Å². The van der Waals surface area contributed by atoms with E-state index in [0.29, 0.717) is 22.0 Å². The Morgan fingerprint density at radius 1 is 1.03 bits per heavy atom. The van der Waals surface area contributed by atoms with E-state index in [4.69, 9.17) is 23.2 Å². The first kappa shape index (κ1) is 22.4. The number of nitrogens with zero attached hydrogens (tertiary/aromatic N) is 2. The lowest BCUT2D eigenvalue weighted by Gasteiger charge is -2.33. The van der Waals surface area contributed by atoms with Gasteiger partial charge in [-0.15, -0.1) is 0 Å². The third-order valence-corrected chi connectivity index (χ3v) is 6.66. The first-order chi connectivity index (χ1) is 15.3. The Kier molecular flexibility index (Phi) is 6.26. The van der Waals surface area contributed by atoms with Crippen LogP contribution in [0.4, 0.5) is 11.4 Å². The van der Waals surface area contributed by atoms with Crippen LogP contribution < -0.4 is 10.2 Å². The lowest BCUT2D eigenvalue weighted by molar-refractivity contribution is -0.120. The van der Waals surface area contributed by atoms with Crippen LogP contribution >= 0.6 is 23.2 Å². The number of imide groups is 1. The van der Waals surface area contributed by atoms with Crippen molar-refractivity contribution in [1.82, 2.24) is 4.90 Å². The molecule has 1 unspecified atom stereocenters. The van der Waals surface area contributed by atoms with E-state index in [9.17, 15) is 14.4 Å². The molecule has 4 rings (SSSR count). The molecular weight excluding hydrogens is 449 g/mol. The molecule has 0 spiro atoms. The number of anilines is 2. The van der Waals surface area contributed by atoms with Gasteiger partial charge >= 0.3 is 0 Å². The van der Waals surface area contributed by atoms with Gasteiger partial charge in [-0.25, -0.2) is 4.90 Å². The van der Waals surface area contributed by atoms with Gasteiger partial charge in [0.05, 0.1) is 5.69 Å². The molecule has 32 heavy (non-hydrogen) atoms. The summed E-state index contributed by atoms with van der Waals surface area (Å²) >= 11 is 12.4. The number of halogens is 2. The molecule has 2 aromatic carbocycles. The Morgan fingerprint density at radius 3 is 2.41 bits per heavy atom. The zero-order chi connectivity index (χ0) is 23.0. The highest BCUT2D eigenvalue weighted by atomic mass is 35.5. The number of amides is 3. The quantitative estimate of drug-likeness (QED) is 0.629. The molecule has 2 aliphatic heterocycles. The van der Waals surface area contributed by atoms with Crippen LogP contribution in [-0.2, 0) is 9.59 Å². The normalized spacial score (nSPS) is 19.1. The van der Waals surface area contributed by atoms with Gasteiger partial charge in [-0.05, 0) is 75.1 Å². The lowest BCUT2D eigenvalue weighted by atomic mass is 10.0. The number of likely N-dealkylation sites (tertiary alicyclic amines) is 1. The maximum absolute atomic E-state index is 12.9. The van der Waals surface area contributed by atoms with Crippen molar-refractivity contribution in [2.75, 3.05) is 16.8 Å². The molecule has 0 aliphatic carbocycles. The lowest BCUT2D eigenvalue weighted by Crippen LogP contribution is -2.42. The van der Waals surface area contributed by atoms with E-state index in [2.05, 4.69) is 12.2 Å². The summed E-state index contributed by atoms with van der Waals surface area (Å²) in [5.74, 6) is -1.19. The van der Waals surface area contributed by atoms with Crippen molar-refractivity contribution in [2.45, 2.75) is 39.2 Å². The van der Waals surface area contributed by atoms with Crippen molar-refractivity contribution < 1.29 is 14.4 Å². The number of nitrogens with one attached hydrogen (secondary N) is 1. The van der Waals surface area contributed by atoms with Gasteiger partial charge in [-0.3, -0.25) is 14.4 Å². The summed E-state index contributed by atoms with van der Waals surface area (Å²) < 4.78 is 0. The standard InChI is InChI=1S/C24H23Cl2N3O3/c1-14-6-11-18(13-19(14)25)29-23(31)20(26)21(24(29)32)27-17-9-7-16(8-10-17)22(30)28-12-4-3-5-15(28)2/h6-11,13,15,27H,3-5,12H2,1-2H3. The summed E-state index contributed by atoms with van der Waals surface area (Å²) in [5, 5.41) is 3.18. The molecule has 166 valence electrons. The summed E-state index contributed by atoms with van der Waals surface area (Å²) in [5.41, 5.74) is 2.29. The van der Waals surface area contributed by atoms with E-state index in [-0.39, 0.29) is 22.7 Å². The highest BCUT2D eigenvalue weighted by Gasteiger charge is 2.39. The van der Waals surface area contributed by atoms with Crippen LogP contribution in [0.15, 0.2) is 53.2 Å². The van der Waals surface area contributed by atoms with Crippen LogP contribution in [0.5, 0.6) is 0 Å². The maximum atomic E-state index is 12.9. The van der Waals surface area contributed by atoms with E-state index in [0.717, 1.165) is 36.3 Å². The number of carbonyl (C=O) groups is 3. The highest BCUT2D eigenvalue weighted by Crippen LogP contribution is 2.32. The molecule has 3 amide bonds. The zero-order valence-corrected chi connectivity index (χ0v) is 19.3. The van der Waals surface area contributed by atoms with Crippen molar-refractivity contribution in [2.24, 2.45) is 0 Å². The molecule has 1 fully saturated rings. The zero-order valence-electron chi connectivity index (χ0n) is 17.8. The van der Waals surface area contributed by atoms with Gasteiger partial charge in [0.25, 0.3) is 17.7 Å². The molecule has 1 saturated heterocycles. The smallest absolute Gasteiger partial charge is 0.283 e. The average molecular weight is 472 g/mol. The second kappa shape index (κ2) is 8.96. The Balaban J connectivity index is 1.51. The minimum atomic E-state index is -0.620. The molecule has 0 saturated carbocycles. The fourth-order valence-electron chi connectivity index (χ4n) is 3.97. The molecule has 0 aromatic heterocycles. The van der Waals surface area contributed by atoms with Gasteiger partial charge in [0.1, 0.15) is 10.7 Å². The second-order valence-electron chi connectivity index (χ2n) is 8.11. The third kappa shape index (κ3) is 4.12. The van der Waals surface area contributed by atoms with E-state index in [1.54, 1.807) is 42.5 Å². The number of piperidine rings is 1. The minimum Gasteiger partial charge on any atom is -0.350 e. The fraction of sp³-hybridized carbons (Fsp3) is 0.292. The molecule has 2 aromatic rings. The average Bonchev–Trinajstić information content (AvgIpc) is 2.99. The van der Waals surface area contributed by atoms with E-state index in [1.807, 2.05) is 11.8 Å². The number of benzene rings is 2. The Morgan fingerprint density at radius 2 is 1.75 bits per heavy atom. The molecule has 2 heterocycles. The largest absolute Gasteiger partial charge is 0.350 e. The molecule has 1 N–H and O–H groups in total. The Labute approximate surface area is 196 Å². The fourth-order valence-corrected chi connectivity index (χ4v) is 4.36. The van der Waals surface area contributed by atoms with Gasteiger partial charge in [-0.2, -0.15) is 0 Å². The van der Waals surface area contributed by atoms with Crippen molar-refractivity contribution in [1.29, 1.82) is 0 Å². The topological polar surface area (TPSA) is 69.7 Å². The Hall–Kier alpha value is -2.83. The summed E-state index contributed by atoms with van der Waals surface area (Å²) in [4.78, 5) is 41.3. The predicted molar refractivity (Wildman–Crippen MR) is 126 cm³/mol. The number of aryl methyl sites for hydroxylation is 1. The van der Waals surface area contributed by atoms with E-state index < -0.39 is 11.8 Å². The van der Waals surface area contributed by atoms with Gasteiger partial charge in [0, 0.05) is 28.9 Å². The maximum Gasteiger partial charge on any atom is 0.283 e. The minimum absolute atomic E-state index is 0.00413.